The fourth-order valence-electron chi connectivity index (χ4n) is 2.18. The van der Waals surface area contributed by atoms with Crippen molar-refractivity contribution in [2.45, 2.75) is 38.6 Å². The van der Waals surface area contributed by atoms with E-state index >= 15 is 0 Å². The minimum Gasteiger partial charge on any atom is -0.391 e. The summed E-state index contributed by atoms with van der Waals surface area (Å²) in [7, 11) is 1.66. The molecule has 108 valence electrons. The summed E-state index contributed by atoms with van der Waals surface area (Å²) in [6.45, 7) is 1.41. The summed E-state index contributed by atoms with van der Waals surface area (Å²) >= 11 is 3.37. The van der Waals surface area contributed by atoms with Crippen molar-refractivity contribution in [2.75, 3.05) is 12.0 Å². The van der Waals surface area contributed by atoms with Gasteiger partial charge in [-0.15, -0.1) is 11.3 Å². The maximum atomic E-state index is 9.45. The van der Waals surface area contributed by atoms with Crippen molar-refractivity contribution in [3.8, 4) is 0 Å². The Morgan fingerprint density at radius 1 is 1.50 bits per heavy atom. The fraction of sp³-hybridized carbons (Fsp3) is 0.500. The van der Waals surface area contributed by atoms with E-state index in [1.165, 1.54) is 17.7 Å². The van der Waals surface area contributed by atoms with Gasteiger partial charge in [0.25, 0.3) is 0 Å². The van der Waals surface area contributed by atoms with E-state index in [1.807, 2.05) is 0 Å². The van der Waals surface area contributed by atoms with Gasteiger partial charge in [0.2, 0.25) is 0 Å². The van der Waals surface area contributed by atoms with Gasteiger partial charge in [0.1, 0.15) is 0 Å². The molecule has 2 aromatic rings. The van der Waals surface area contributed by atoms with Crippen LogP contribution in [0.3, 0.4) is 0 Å². The highest BCUT2D eigenvalue weighted by Crippen LogP contribution is 2.37. The average molecular weight is 310 g/mol. The lowest BCUT2D eigenvalue weighted by Crippen LogP contribution is -2.24. The largest absolute Gasteiger partial charge is 0.391 e. The molecule has 0 amide bonds. The summed E-state index contributed by atoms with van der Waals surface area (Å²) < 4.78 is 5.16. The molecule has 1 aliphatic carbocycles. The lowest BCUT2D eigenvalue weighted by Gasteiger charge is -2.20. The number of rotatable bonds is 7. The number of anilines is 1. The second kappa shape index (κ2) is 6.22. The molecule has 0 aliphatic heterocycles. The van der Waals surface area contributed by atoms with Crippen LogP contribution in [0.15, 0.2) is 17.5 Å². The number of hydrogen-bond donors (Lipinski definition) is 1. The Bertz CT molecular complexity index is 550. The zero-order valence-electron chi connectivity index (χ0n) is 11.4. The molecule has 1 fully saturated rings. The van der Waals surface area contributed by atoms with Gasteiger partial charge in [-0.3, -0.25) is 0 Å². The topological polar surface area (TPSA) is 45.6 Å². The predicted molar refractivity (Wildman–Crippen MR) is 82.3 cm³/mol. The molecule has 1 saturated carbocycles. The van der Waals surface area contributed by atoms with E-state index in [1.54, 1.807) is 29.8 Å². The molecule has 0 unspecified atom stereocenters. The van der Waals surface area contributed by atoms with Crippen molar-refractivity contribution in [1.82, 2.24) is 4.98 Å². The zero-order chi connectivity index (χ0) is 13.9. The fourth-order valence-corrected chi connectivity index (χ4v) is 3.87. The van der Waals surface area contributed by atoms with Crippen LogP contribution >= 0.6 is 22.7 Å². The first-order valence-corrected chi connectivity index (χ1v) is 8.39. The lowest BCUT2D eigenvalue weighted by molar-refractivity contribution is 0.179. The highest BCUT2D eigenvalue weighted by Gasteiger charge is 2.31. The molecule has 3 rings (SSSR count). The Morgan fingerprint density at radius 2 is 2.35 bits per heavy atom. The van der Waals surface area contributed by atoms with E-state index in [0.717, 1.165) is 22.2 Å². The number of hydrogen-bond acceptors (Lipinski definition) is 6. The Hall–Kier alpha value is -0.950. The van der Waals surface area contributed by atoms with Gasteiger partial charge in [-0.2, -0.15) is 0 Å². The molecule has 6 heteroatoms. The number of aliphatic hydroxyl groups is 1. The van der Waals surface area contributed by atoms with Crippen LogP contribution in [0.2, 0.25) is 0 Å². The Balaban J connectivity index is 1.83. The van der Waals surface area contributed by atoms with Crippen molar-refractivity contribution in [3.05, 3.63) is 33.0 Å². The van der Waals surface area contributed by atoms with Crippen LogP contribution in [0.4, 0.5) is 5.13 Å². The molecule has 0 atom stereocenters. The van der Waals surface area contributed by atoms with Crippen LogP contribution in [-0.4, -0.2) is 23.2 Å². The quantitative estimate of drug-likeness (QED) is 0.854. The van der Waals surface area contributed by atoms with Gasteiger partial charge in [-0.05, 0) is 24.3 Å². The number of thiazole rings is 1. The number of aliphatic hydroxyl groups excluding tert-OH is 1. The number of thiophene rings is 1. The summed E-state index contributed by atoms with van der Waals surface area (Å²) in [6.07, 6.45) is 2.47. The molecule has 1 aliphatic rings. The van der Waals surface area contributed by atoms with Crippen LogP contribution in [0.25, 0.3) is 0 Å². The average Bonchev–Trinajstić information content (AvgIpc) is 3.00. The molecule has 2 aromatic heterocycles. The minimum atomic E-state index is 0.0356. The molecule has 0 spiro atoms. The third-order valence-corrected chi connectivity index (χ3v) is 5.31. The van der Waals surface area contributed by atoms with Gasteiger partial charge in [0.15, 0.2) is 5.13 Å². The van der Waals surface area contributed by atoms with Crippen molar-refractivity contribution in [3.63, 3.8) is 0 Å². The molecule has 0 bridgehead atoms. The van der Waals surface area contributed by atoms with Crippen molar-refractivity contribution in [2.24, 2.45) is 0 Å². The van der Waals surface area contributed by atoms with Crippen molar-refractivity contribution in [1.29, 1.82) is 0 Å². The van der Waals surface area contributed by atoms with E-state index in [9.17, 15) is 5.11 Å². The monoisotopic (exact) mass is 310 g/mol. The summed E-state index contributed by atoms with van der Waals surface area (Å²) in [5, 5.41) is 12.6. The Morgan fingerprint density at radius 3 is 2.95 bits per heavy atom. The number of aromatic nitrogens is 1. The van der Waals surface area contributed by atoms with E-state index in [2.05, 4.69) is 27.4 Å². The van der Waals surface area contributed by atoms with Crippen molar-refractivity contribution < 1.29 is 9.84 Å². The molecular formula is C14H18N2O2S2. The maximum Gasteiger partial charge on any atom is 0.186 e. The third-order valence-electron chi connectivity index (χ3n) is 3.33. The third kappa shape index (κ3) is 3.03. The maximum absolute atomic E-state index is 9.45. The molecule has 0 radical (unpaired) electrons. The second-order valence-corrected chi connectivity index (χ2v) is 6.99. The number of ether oxygens (including phenoxy) is 1. The van der Waals surface area contributed by atoms with Crippen molar-refractivity contribution >= 4 is 27.8 Å². The molecular weight excluding hydrogens is 292 g/mol. The van der Waals surface area contributed by atoms with Crippen LogP contribution < -0.4 is 4.90 Å². The second-order valence-electron chi connectivity index (χ2n) is 4.90. The van der Waals surface area contributed by atoms with Crippen LogP contribution in [0.1, 0.15) is 28.3 Å². The van der Waals surface area contributed by atoms with E-state index < -0.39 is 0 Å². The van der Waals surface area contributed by atoms with E-state index in [4.69, 9.17) is 4.74 Å². The number of methoxy groups -OCH3 is 1. The molecule has 20 heavy (non-hydrogen) atoms. The van der Waals surface area contributed by atoms with E-state index in [0.29, 0.717) is 12.6 Å². The smallest absolute Gasteiger partial charge is 0.186 e. The Labute approximate surface area is 126 Å². The first-order valence-electron chi connectivity index (χ1n) is 6.69. The lowest BCUT2D eigenvalue weighted by atomic mass is 10.4. The van der Waals surface area contributed by atoms with Crippen LogP contribution in [0.5, 0.6) is 0 Å². The first kappa shape index (κ1) is 14.0. The highest BCUT2D eigenvalue weighted by atomic mass is 32.1. The molecule has 4 nitrogen and oxygen atoms in total. The molecule has 0 saturated heterocycles. The van der Waals surface area contributed by atoms with Gasteiger partial charge in [0.05, 0.1) is 30.3 Å². The van der Waals surface area contributed by atoms with E-state index in [-0.39, 0.29) is 6.61 Å². The highest BCUT2D eigenvalue weighted by molar-refractivity contribution is 7.15. The number of nitrogens with zero attached hydrogens (tertiary/aromatic N) is 2. The standard InChI is InChI=1S/C14H18N2O2S2/c1-18-9-12-13(8-17)20-14(15-12)16(10-4-5-10)7-11-3-2-6-19-11/h2-3,6,10,17H,4-5,7-9H2,1H3. The minimum absolute atomic E-state index is 0.0356. The zero-order valence-corrected chi connectivity index (χ0v) is 13.0. The molecule has 0 aromatic carbocycles. The van der Waals surface area contributed by atoms with Crippen LogP contribution in [-0.2, 0) is 24.5 Å². The predicted octanol–water partition coefficient (Wildman–Crippen LogP) is 3.01. The van der Waals surface area contributed by atoms with Gasteiger partial charge in [0, 0.05) is 18.0 Å². The normalized spacial score (nSPS) is 14.7. The van der Waals surface area contributed by atoms with Gasteiger partial charge in [-0.25, -0.2) is 4.98 Å². The van der Waals surface area contributed by atoms with Gasteiger partial charge < -0.3 is 14.7 Å². The summed E-state index contributed by atoms with van der Waals surface area (Å²) in [5.41, 5.74) is 0.867. The summed E-state index contributed by atoms with van der Waals surface area (Å²) in [5.74, 6) is 0. The SMILES string of the molecule is COCc1nc(N(Cc2cccs2)C2CC2)sc1CO. The Kier molecular flexibility index (Phi) is 4.35. The van der Waals surface area contributed by atoms with Crippen LogP contribution in [0, 0.1) is 0 Å². The van der Waals surface area contributed by atoms with Gasteiger partial charge in [-0.1, -0.05) is 17.4 Å². The molecule has 1 N–H and O–H groups in total. The summed E-state index contributed by atoms with van der Waals surface area (Å²) in [4.78, 5) is 9.32. The summed E-state index contributed by atoms with van der Waals surface area (Å²) in [6, 6.07) is 4.85. The molecule has 2 heterocycles. The first-order chi connectivity index (χ1) is 9.81. The van der Waals surface area contributed by atoms with Gasteiger partial charge >= 0.3 is 0 Å².